The van der Waals surface area contributed by atoms with Crippen molar-refractivity contribution in [2.24, 2.45) is 0 Å². The van der Waals surface area contributed by atoms with E-state index in [2.05, 4.69) is 229 Å². The second-order valence-electron chi connectivity index (χ2n) is 15.6. The molecule has 12 aromatic rings. The quantitative estimate of drug-likeness (QED) is 0.155. The largest absolute Gasteiger partial charge is 0.310 e. The molecule has 0 atom stereocenters. The number of thiophene rings is 2. The highest BCUT2D eigenvalue weighted by Crippen LogP contribution is 2.50. The lowest BCUT2D eigenvalue weighted by molar-refractivity contribution is 1.31. The predicted molar refractivity (Wildman–Crippen MR) is 266 cm³/mol. The van der Waals surface area contributed by atoms with Crippen molar-refractivity contribution in [1.29, 1.82) is 0 Å². The molecule has 0 aliphatic heterocycles. The Bertz CT molecular complexity index is 3570. The highest BCUT2D eigenvalue weighted by atomic mass is 32.1. The van der Waals surface area contributed by atoms with Crippen LogP contribution < -0.4 is 4.90 Å². The van der Waals surface area contributed by atoms with E-state index in [9.17, 15) is 0 Å². The molecule has 0 saturated heterocycles. The van der Waals surface area contributed by atoms with Gasteiger partial charge in [0.15, 0.2) is 0 Å². The Hall–Kier alpha value is -7.30. The van der Waals surface area contributed by atoms with Crippen LogP contribution in [0.15, 0.2) is 224 Å². The monoisotopic (exact) mass is 811 g/mol. The highest BCUT2D eigenvalue weighted by molar-refractivity contribution is 7.26. The Balaban J connectivity index is 1.07. The summed E-state index contributed by atoms with van der Waals surface area (Å²) in [6, 6.07) is 82.4. The summed E-state index contributed by atoms with van der Waals surface area (Å²) in [5.74, 6) is 0. The molecule has 0 spiro atoms. The molecule has 286 valence electrons. The van der Waals surface area contributed by atoms with E-state index in [-0.39, 0.29) is 0 Å². The highest BCUT2D eigenvalue weighted by Gasteiger charge is 2.22. The second kappa shape index (κ2) is 14.8. The minimum absolute atomic E-state index is 1.11. The van der Waals surface area contributed by atoms with E-state index >= 15 is 0 Å². The Morgan fingerprint density at radius 2 is 0.918 bits per heavy atom. The Morgan fingerprint density at radius 1 is 0.311 bits per heavy atom. The number of fused-ring (bicyclic) bond motifs is 7. The van der Waals surface area contributed by atoms with E-state index in [0.29, 0.717) is 0 Å². The first-order valence-corrected chi connectivity index (χ1v) is 22.4. The molecule has 0 radical (unpaired) electrons. The van der Waals surface area contributed by atoms with Crippen LogP contribution in [0.3, 0.4) is 0 Å². The van der Waals surface area contributed by atoms with Crippen molar-refractivity contribution in [1.82, 2.24) is 0 Å². The molecular formula is C58H37NS2. The lowest BCUT2D eigenvalue weighted by Crippen LogP contribution is -2.10. The summed E-state index contributed by atoms with van der Waals surface area (Å²) in [4.78, 5) is 2.49. The fraction of sp³-hybridized carbons (Fsp3) is 0. The van der Waals surface area contributed by atoms with Gasteiger partial charge in [-0.05, 0) is 104 Å². The summed E-state index contributed by atoms with van der Waals surface area (Å²) in [6.07, 6.45) is 0. The molecule has 2 aromatic heterocycles. The molecule has 0 N–H and O–H groups in total. The van der Waals surface area contributed by atoms with Crippen molar-refractivity contribution >= 4 is 90.9 Å². The second-order valence-corrected chi connectivity index (χ2v) is 17.8. The Kier molecular flexibility index (Phi) is 8.62. The zero-order valence-electron chi connectivity index (χ0n) is 33.1. The van der Waals surface area contributed by atoms with Crippen LogP contribution in [0.25, 0.3) is 95.6 Å². The van der Waals surface area contributed by atoms with Crippen molar-refractivity contribution in [3.05, 3.63) is 224 Å². The molecule has 61 heavy (non-hydrogen) atoms. The molecular weight excluding hydrogens is 775 g/mol. The number of hydrogen-bond acceptors (Lipinski definition) is 3. The van der Waals surface area contributed by atoms with Gasteiger partial charge in [-0.15, -0.1) is 22.7 Å². The molecule has 0 amide bonds. The first-order chi connectivity index (χ1) is 30.2. The lowest BCUT2D eigenvalue weighted by Gasteiger charge is -2.27. The number of rotatable bonds is 7. The summed E-state index contributed by atoms with van der Waals surface area (Å²) in [6.45, 7) is 0. The third-order valence-corrected chi connectivity index (χ3v) is 14.4. The van der Waals surface area contributed by atoms with Crippen LogP contribution in [-0.2, 0) is 0 Å². The van der Waals surface area contributed by atoms with Crippen LogP contribution in [0, 0.1) is 0 Å². The zero-order valence-corrected chi connectivity index (χ0v) is 34.8. The number of benzene rings is 10. The van der Waals surface area contributed by atoms with E-state index in [1.54, 1.807) is 0 Å². The lowest BCUT2D eigenvalue weighted by atomic mass is 9.89. The van der Waals surface area contributed by atoms with Crippen molar-refractivity contribution < 1.29 is 0 Å². The van der Waals surface area contributed by atoms with Gasteiger partial charge in [0.05, 0.1) is 5.69 Å². The number of anilines is 3. The van der Waals surface area contributed by atoms with Gasteiger partial charge in [0.25, 0.3) is 0 Å². The van der Waals surface area contributed by atoms with E-state index in [0.717, 1.165) is 11.4 Å². The van der Waals surface area contributed by atoms with E-state index < -0.39 is 0 Å². The smallest absolute Gasteiger partial charge is 0.0555 e. The van der Waals surface area contributed by atoms with Gasteiger partial charge in [-0.3, -0.25) is 0 Å². The summed E-state index contributed by atoms with van der Waals surface area (Å²) >= 11 is 3.76. The van der Waals surface area contributed by atoms with Crippen molar-refractivity contribution in [3.63, 3.8) is 0 Å². The topological polar surface area (TPSA) is 3.24 Å². The molecule has 0 saturated carbocycles. The average molecular weight is 812 g/mol. The Morgan fingerprint density at radius 3 is 1.70 bits per heavy atom. The maximum absolute atomic E-state index is 2.49. The van der Waals surface area contributed by atoms with Gasteiger partial charge in [-0.1, -0.05) is 176 Å². The Labute approximate surface area is 362 Å². The molecule has 10 aromatic carbocycles. The van der Waals surface area contributed by atoms with Gasteiger partial charge < -0.3 is 4.90 Å². The molecule has 0 aliphatic carbocycles. The summed E-state index contributed by atoms with van der Waals surface area (Å²) < 4.78 is 5.17. The van der Waals surface area contributed by atoms with Crippen LogP contribution in [0.1, 0.15) is 0 Å². The van der Waals surface area contributed by atoms with Crippen LogP contribution in [-0.4, -0.2) is 0 Å². The molecule has 0 bridgehead atoms. The number of nitrogens with zero attached hydrogens (tertiary/aromatic N) is 1. The zero-order chi connectivity index (χ0) is 40.3. The third kappa shape index (κ3) is 6.13. The summed E-state index contributed by atoms with van der Waals surface area (Å²) in [7, 11) is 0. The van der Waals surface area contributed by atoms with Gasteiger partial charge in [0.2, 0.25) is 0 Å². The van der Waals surface area contributed by atoms with Gasteiger partial charge in [-0.2, -0.15) is 0 Å². The van der Waals surface area contributed by atoms with Crippen LogP contribution in [0.4, 0.5) is 17.1 Å². The predicted octanol–water partition coefficient (Wildman–Crippen LogP) is 17.7. The number of hydrogen-bond donors (Lipinski definition) is 0. The third-order valence-electron chi connectivity index (χ3n) is 12.1. The van der Waals surface area contributed by atoms with Gasteiger partial charge in [0, 0.05) is 51.7 Å². The van der Waals surface area contributed by atoms with Crippen molar-refractivity contribution in [3.8, 4) is 44.5 Å². The molecule has 0 unspecified atom stereocenters. The molecule has 1 nitrogen and oxygen atoms in total. The SMILES string of the molecule is c1ccc(-c2ccc3c(c2)sc2ccc(N(c4ccc(-c5ccc6ccccc6c5-c5ccccc5)cc4)c4ccc(-c5ccccc5)c5sc6ccccc6c45)cc23)cc1. The maximum atomic E-state index is 2.49. The molecule has 0 fully saturated rings. The molecule has 0 aliphatic rings. The van der Waals surface area contributed by atoms with Crippen LogP contribution >= 0.6 is 22.7 Å². The van der Waals surface area contributed by atoms with Gasteiger partial charge in [-0.25, -0.2) is 0 Å². The van der Waals surface area contributed by atoms with E-state index in [4.69, 9.17) is 0 Å². The fourth-order valence-electron chi connectivity index (χ4n) is 9.20. The molecule has 2 heterocycles. The first-order valence-electron chi connectivity index (χ1n) is 20.7. The van der Waals surface area contributed by atoms with Crippen LogP contribution in [0.2, 0.25) is 0 Å². The van der Waals surface area contributed by atoms with Crippen molar-refractivity contribution in [2.45, 2.75) is 0 Å². The van der Waals surface area contributed by atoms with E-state index in [1.807, 2.05) is 22.7 Å². The molecule has 12 rings (SSSR count). The normalized spacial score (nSPS) is 11.6. The summed E-state index contributed by atoms with van der Waals surface area (Å²) in [5, 5.41) is 7.61. The maximum Gasteiger partial charge on any atom is 0.0555 e. The van der Waals surface area contributed by atoms with Crippen molar-refractivity contribution in [2.75, 3.05) is 4.90 Å². The van der Waals surface area contributed by atoms with Gasteiger partial charge >= 0.3 is 0 Å². The minimum atomic E-state index is 1.11. The fourth-order valence-corrected chi connectivity index (χ4v) is 11.6. The average Bonchev–Trinajstić information content (AvgIpc) is 3.91. The first kappa shape index (κ1) is 35.6. The van der Waals surface area contributed by atoms with Crippen LogP contribution in [0.5, 0.6) is 0 Å². The standard InChI is InChI=1S/C58H37NS2/c1-4-14-38(15-5-1)43-27-32-49-51-37-45(30-35-54(51)60-55(49)36-43)59(52-34-33-48(39-16-6-2-7-17-39)58-57(52)50-22-12-13-23-53(50)61-58)44-28-24-41(25-29-44)47-31-26-40-18-10-11-21-46(40)56(47)42-19-8-3-9-20-42/h1-37H. The molecule has 3 heteroatoms. The minimum Gasteiger partial charge on any atom is -0.310 e. The summed E-state index contributed by atoms with van der Waals surface area (Å²) in [5.41, 5.74) is 13.3. The van der Waals surface area contributed by atoms with Gasteiger partial charge in [0.1, 0.15) is 0 Å². The van der Waals surface area contributed by atoms with E-state index in [1.165, 1.54) is 101 Å².